The number of carbonyl (C=O) groups is 1. The van der Waals surface area contributed by atoms with Gasteiger partial charge in [-0.1, -0.05) is 30.3 Å². The number of hydrogen-bond donors (Lipinski definition) is 1. The van der Waals surface area contributed by atoms with E-state index in [-0.39, 0.29) is 12.0 Å². The Bertz CT molecular complexity index is 420. The summed E-state index contributed by atoms with van der Waals surface area (Å²) in [7, 11) is 0. The third kappa shape index (κ3) is 4.32. The fourth-order valence-corrected chi connectivity index (χ4v) is 2.52. The Morgan fingerprint density at radius 3 is 2.90 bits per heavy atom. The number of hydrogen-bond acceptors (Lipinski definition) is 3. The molecule has 1 aliphatic heterocycles. The smallest absolute Gasteiger partial charge is 0.239 e. The minimum atomic E-state index is -0.410. The highest BCUT2D eigenvalue weighted by atomic mass is 16.5. The van der Waals surface area contributed by atoms with Crippen LogP contribution in [0.15, 0.2) is 30.3 Å². The van der Waals surface area contributed by atoms with Crippen LogP contribution >= 0.6 is 0 Å². The van der Waals surface area contributed by atoms with Gasteiger partial charge in [0.1, 0.15) is 0 Å². The van der Waals surface area contributed by atoms with Gasteiger partial charge in [-0.15, -0.1) is 0 Å². The van der Waals surface area contributed by atoms with E-state index >= 15 is 0 Å². The van der Waals surface area contributed by atoms with Gasteiger partial charge in [0.2, 0.25) is 5.91 Å². The summed E-state index contributed by atoms with van der Waals surface area (Å²) in [6.07, 6.45) is 3.15. The molecule has 1 saturated heterocycles. The largest absolute Gasteiger partial charge is 0.376 e. The van der Waals surface area contributed by atoms with Crippen molar-refractivity contribution in [2.45, 2.75) is 38.3 Å². The number of rotatable bonds is 6. The second kappa shape index (κ2) is 7.41. The van der Waals surface area contributed by atoms with Crippen molar-refractivity contribution < 1.29 is 9.53 Å². The Morgan fingerprint density at radius 2 is 2.20 bits per heavy atom. The molecule has 0 aliphatic carbocycles. The van der Waals surface area contributed by atoms with Crippen molar-refractivity contribution in [3.8, 4) is 0 Å². The highest BCUT2D eigenvalue weighted by Gasteiger charge is 2.27. The average molecular weight is 276 g/mol. The van der Waals surface area contributed by atoms with Gasteiger partial charge in [0.15, 0.2) is 0 Å². The lowest BCUT2D eigenvalue weighted by atomic mass is 10.1. The van der Waals surface area contributed by atoms with Crippen LogP contribution in [0, 0.1) is 0 Å². The van der Waals surface area contributed by atoms with E-state index in [1.54, 1.807) is 6.92 Å². The molecule has 110 valence electrons. The summed E-state index contributed by atoms with van der Waals surface area (Å²) in [6, 6.07) is 10.0. The zero-order valence-electron chi connectivity index (χ0n) is 12.1. The van der Waals surface area contributed by atoms with Crippen LogP contribution in [0.5, 0.6) is 0 Å². The summed E-state index contributed by atoms with van der Waals surface area (Å²) in [5.41, 5.74) is 6.96. The predicted octanol–water partition coefficient (Wildman–Crippen LogP) is 1.58. The average Bonchev–Trinajstić information content (AvgIpc) is 2.92. The number of aryl methyl sites for hydroxylation is 1. The lowest BCUT2D eigenvalue weighted by molar-refractivity contribution is -0.131. The first-order chi connectivity index (χ1) is 9.66. The Morgan fingerprint density at radius 1 is 1.45 bits per heavy atom. The molecule has 1 amide bonds. The minimum absolute atomic E-state index is 0.0281. The fourth-order valence-electron chi connectivity index (χ4n) is 2.52. The molecule has 20 heavy (non-hydrogen) atoms. The van der Waals surface area contributed by atoms with Gasteiger partial charge >= 0.3 is 0 Å². The highest BCUT2D eigenvalue weighted by Crippen LogP contribution is 2.14. The van der Waals surface area contributed by atoms with Gasteiger partial charge in [-0.3, -0.25) is 4.79 Å². The molecule has 1 aromatic rings. The maximum absolute atomic E-state index is 11.8. The normalized spacial score (nSPS) is 20.1. The molecular formula is C16H24N2O2. The zero-order chi connectivity index (χ0) is 14.4. The van der Waals surface area contributed by atoms with Gasteiger partial charge in [0.25, 0.3) is 0 Å². The number of nitrogens with two attached hydrogens (primary N) is 1. The van der Waals surface area contributed by atoms with Crippen LogP contribution in [0.2, 0.25) is 0 Å². The first-order valence-corrected chi connectivity index (χ1v) is 7.36. The standard InChI is InChI=1S/C16H24N2O2/c1-13(17)16(19)18-10-9-15(12-18)20-11-5-8-14-6-3-2-4-7-14/h2-4,6-7,13,15H,5,8-12,17H2,1H3/t13-,15+/m1/s1. The van der Waals surface area contributed by atoms with E-state index in [1.807, 2.05) is 11.0 Å². The predicted molar refractivity (Wildman–Crippen MR) is 79.3 cm³/mol. The molecule has 4 nitrogen and oxygen atoms in total. The fraction of sp³-hybridized carbons (Fsp3) is 0.562. The summed E-state index contributed by atoms with van der Waals surface area (Å²) < 4.78 is 5.85. The van der Waals surface area contributed by atoms with Gasteiger partial charge < -0.3 is 15.4 Å². The van der Waals surface area contributed by atoms with Crippen LogP contribution in [0.3, 0.4) is 0 Å². The van der Waals surface area contributed by atoms with Crippen molar-refractivity contribution in [3.05, 3.63) is 35.9 Å². The van der Waals surface area contributed by atoms with E-state index in [0.29, 0.717) is 6.54 Å². The molecule has 0 bridgehead atoms. The van der Waals surface area contributed by atoms with Crippen molar-refractivity contribution in [2.24, 2.45) is 5.73 Å². The van der Waals surface area contributed by atoms with E-state index in [4.69, 9.17) is 10.5 Å². The van der Waals surface area contributed by atoms with Gasteiger partial charge in [-0.05, 0) is 31.7 Å². The Hall–Kier alpha value is -1.39. The number of amides is 1. The van der Waals surface area contributed by atoms with E-state index in [1.165, 1.54) is 5.56 Å². The molecule has 0 radical (unpaired) electrons. The molecule has 4 heteroatoms. The van der Waals surface area contributed by atoms with Crippen LogP contribution < -0.4 is 5.73 Å². The highest BCUT2D eigenvalue weighted by molar-refractivity contribution is 5.81. The minimum Gasteiger partial charge on any atom is -0.376 e. The van der Waals surface area contributed by atoms with Crippen LogP contribution in [0.1, 0.15) is 25.3 Å². The van der Waals surface area contributed by atoms with Crippen LogP contribution in [0.25, 0.3) is 0 Å². The molecule has 0 spiro atoms. The molecule has 0 saturated carbocycles. The molecule has 1 aliphatic rings. The number of carbonyl (C=O) groups excluding carboxylic acids is 1. The molecule has 1 aromatic carbocycles. The summed E-state index contributed by atoms with van der Waals surface area (Å²) >= 11 is 0. The van der Waals surface area contributed by atoms with Gasteiger partial charge in [0.05, 0.1) is 12.1 Å². The monoisotopic (exact) mass is 276 g/mol. The van der Waals surface area contributed by atoms with Gasteiger partial charge in [-0.2, -0.15) is 0 Å². The van der Waals surface area contributed by atoms with Crippen LogP contribution in [-0.4, -0.2) is 42.6 Å². The lowest BCUT2D eigenvalue weighted by Crippen LogP contribution is -2.41. The quantitative estimate of drug-likeness (QED) is 0.803. The first-order valence-electron chi connectivity index (χ1n) is 7.36. The molecule has 2 rings (SSSR count). The lowest BCUT2D eigenvalue weighted by Gasteiger charge is -2.18. The van der Waals surface area contributed by atoms with Crippen molar-refractivity contribution in [1.82, 2.24) is 4.90 Å². The van der Waals surface area contributed by atoms with E-state index in [2.05, 4.69) is 24.3 Å². The van der Waals surface area contributed by atoms with Crippen molar-refractivity contribution in [3.63, 3.8) is 0 Å². The van der Waals surface area contributed by atoms with E-state index in [0.717, 1.165) is 32.4 Å². The third-order valence-corrected chi connectivity index (χ3v) is 3.65. The maximum Gasteiger partial charge on any atom is 0.239 e. The summed E-state index contributed by atoms with van der Waals surface area (Å²) in [6.45, 7) is 3.94. The third-order valence-electron chi connectivity index (χ3n) is 3.65. The number of likely N-dealkylation sites (tertiary alicyclic amines) is 1. The number of benzene rings is 1. The van der Waals surface area contributed by atoms with E-state index < -0.39 is 6.04 Å². The number of ether oxygens (including phenoxy) is 1. The van der Waals surface area contributed by atoms with Crippen LogP contribution in [0.4, 0.5) is 0 Å². The second-order valence-electron chi connectivity index (χ2n) is 5.44. The summed E-state index contributed by atoms with van der Waals surface area (Å²) in [5.74, 6) is 0.0281. The summed E-state index contributed by atoms with van der Waals surface area (Å²) in [4.78, 5) is 13.6. The molecule has 2 atom stereocenters. The zero-order valence-corrected chi connectivity index (χ0v) is 12.1. The van der Waals surface area contributed by atoms with Crippen LogP contribution in [-0.2, 0) is 16.0 Å². The molecule has 1 fully saturated rings. The van der Waals surface area contributed by atoms with Gasteiger partial charge in [-0.25, -0.2) is 0 Å². The SMILES string of the molecule is C[C@@H](N)C(=O)N1CC[C@H](OCCCc2ccccc2)C1. The van der Waals surface area contributed by atoms with Crippen molar-refractivity contribution >= 4 is 5.91 Å². The molecule has 1 heterocycles. The molecule has 0 unspecified atom stereocenters. The summed E-state index contributed by atoms with van der Waals surface area (Å²) in [5, 5.41) is 0. The number of nitrogens with zero attached hydrogens (tertiary/aromatic N) is 1. The van der Waals surface area contributed by atoms with Crippen molar-refractivity contribution in [2.75, 3.05) is 19.7 Å². The molecular weight excluding hydrogens is 252 g/mol. The topological polar surface area (TPSA) is 55.6 Å². The Labute approximate surface area is 120 Å². The van der Waals surface area contributed by atoms with E-state index in [9.17, 15) is 4.79 Å². The van der Waals surface area contributed by atoms with Gasteiger partial charge in [0, 0.05) is 19.7 Å². The molecule has 2 N–H and O–H groups in total. The maximum atomic E-state index is 11.8. The van der Waals surface area contributed by atoms with Crippen molar-refractivity contribution in [1.29, 1.82) is 0 Å². The first kappa shape index (κ1) is 15.0. The molecule has 0 aromatic heterocycles. The Balaban J connectivity index is 1.63. The Kier molecular flexibility index (Phi) is 5.56. The second-order valence-corrected chi connectivity index (χ2v) is 5.44.